The van der Waals surface area contributed by atoms with Gasteiger partial charge in [-0.25, -0.2) is 4.98 Å². The van der Waals surface area contributed by atoms with Crippen LogP contribution in [0.1, 0.15) is 19.4 Å². The molecule has 1 aromatic carbocycles. The Labute approximate surface area is 137 Å². The maximum absolute atomic E-state index is 12.2. The monoisotopic (exact) mass is 312 g/mol. The van der Waals surface area contributed by atoms with Crippen LogP contribution in [0.25, 0.3) is 0 Å². The number of pyridine rings is 1. The third kappa shape index (κ3) is 4.79. The van der Waals surface area contributed by atoms with Crippen LogP contribution in [0.5, 0.6) is 0 Å². The SMILES string of the molecule is CCN(CC)c1ccc(NC(=O)[C@@H](N)Cc2ccccc2)cn1. The molecule has 0 unspecified atom stereocenters. The minimum absolute atomic E-state index is 0.203. The van der Waals surface area contributed by atoms with E-state index in [1.54, 1.807) is 6.20 Å². The number of benzene rings is 1. The summed E-state index contributed by atoms with van der Waals surface area (Å²) in [5, 5.41) is 2.82. The number of rotatable bonds is 7. The molecule has 1 aromatic heterocycles. The summed E-state index contributed by atoms with van der Waals surface area (Å²) in [6.07, 6.45) is 2.18. The molecule has 0 fully saturated rings. The topological polar surface area (TPSA) is 71.2 Å². The second-order valence-electron chi connectivity index (χ2n) is 5.36. The van der Waals surface area contributed by atoms with Crippen LogP contribution in [-0.4, -0.2) is 30.0 Å². The largest absolute Gasteiger partial charge is 0.357 e. The van der Waals surface area contributed by atoms with E-state index in [1.165, 1.54) is 0 Å². The van der Waals surface area contributed by atoms with Crippen LogP contribution in [0.4, 0.5) is 11.5 Å². The Balaban J connectivity index is 1.94. The van der Waals surface area contributed by atoms with Crippen molar-refractivity contribution in [2.45, 2.75) is 26.3 Å². The zero-order valence-corrected chi connectivity index (χ0v) is 13.7. The molecule has 0 aliphatic carbocycles. The zero-order valence-electron chi connectivity index (χ0n) is 13.7. The van der Waals surface area contributed by atoms with E-state index in [0.717, 1.165) is 24.5 Å². The first-order chi connectivity index (χ1) is 11.1. The summed E-state index contributed by atoms with van der Waals surface area (Å²) in [5.74, 6) is 0.702. The Morgan fingerprint density at radius 1 is 1.17 bits per heavy atom. The average molecular weight is 312 g/mol. The number of carbonyl (C=O) groups excluding carboxylic acids is 1. The lowest BCUT2D eigenvalue weighted by molar-refractivity contribution is -0.117. The van der Waals surface area contributed by atoms with E-state index in [9.17, 15) is 4.79 Å². The van der Waals surface area contributed by atoms with Crippen LogP contribution < -0.4 is 16.0 Å². The molecule has 0 aliphatic rings. The summed E-state index contributed by atoms with van der Waals surface area (Å²) in [6, 6.07) is 12.9. The molecule has 0 bridgehead atoms. The van der Waals surface area contributed by atoms with Gasteiger partial charge in [0.05, 0.1) is 17.9 Å². The number of hydrogen-bond donors (Lipinski definition) is 2. The minimum Gasteiger partial charge on any atom is -0.357 e. The van der Waals surface area contributed by atoms with Gasteiger partial charge in [-0.05, 0) is 38.0 Å². The fourth-order valence-corrected chi connectivity index (χ4v) is 2.39. The second-order valence-corrected chi connectivity index (χ2v) is 5.36. The molecule has 0 radical (unpaired) electrons. The Morgan fingerprint density at radius 3 is 2.43 bits per heavy atom. The van der Waals surface area contributed by atoms with Crippen molar-refractivity contribution in [3.8, 4) is 0 Å². The van der Waals surface area contributed by atoms with E-state index in [4.69, 9.17) is 5.73 Å². The van der Waals surface area contributed by atoms with Gasteiger partial charge in [0.25, 0.3) is 0 Å². The van der Waals surface area contributed by atoms with Gasteiger partial charge in [-0.3, -0.25) is 4.79 Å². The van der Waals surface area contributed by atoms with Crippen LogP contribution in [0.2, 0.25) is 0 Å². The van der Waals surface area contributed by atoms with Crippen molar-refractivity contribution in [2.24, 2.45) is 5.73 Å². The van der Waals surface area contributed by atoms with Crippen LogP contribution in [-0.2, 0) is 11.2 Å². The maximum atomic E-state index is 12.2. The van der Waals surface area contributed by atoms with E-state index in [0.29, 0.717) is 12.1 Å². The van der Waals surface area contributed by atoms with E-state index in [-0.39, 0.29) is 5.91 Å². The number of hydrogen-bond acceptors (Lipinski definition) is 4. The smallest absolute Gasteiger partial charge is 0.241 e. The quantitative estimate of drug-likeness (QED) is 0.824. The van der Waals surface area contributed by atoms with Crippen LogP contribution in [0.3, 0.4) is 0 Å². The molecule has 23 heavy (non-hydrogen) atoms. The first kappa shape index (κ1) is 17.0. The minimum atomic E-state index is -0.583. The highest BCUT2D eigenvalue weighted by molar-refractivity contribution is 5.94. The predicted octanol–water partition coefficient (Wildman–Crippen LogP) is 2.44. The standard InChI is InChI=1S/C18H24N4O/c1-3-22(4-2)17-11-10-15(13-20-17)21-18(23)16(19)12-14-8-6-5-7-9-14/h5-11,13,16H,3-4,12,19H2,1-2H3,(H,21,23)/t16-/m0/s1. The van der Waals surface area contributed by atoms with Gasteiger partial charge in [-0.15, -0.1) is 0 Å². The van der Waals surface area contributed by atoms with Gasteiger partial charge in [0, 0.05) is 13.1 Å². The summed E-state index contributed by atoms with van der Waals surface area (Å²) >= 11 is 0. The Hall–Kier alpha value is -2.40. The third-order valence-electron chi connectivity index (χ3n) is 3.74. The van der Waals surface area contributed by atoms with Crippen molar-refractivity contribution in [1.82, 2.24) is 4.98 Å². The van der Waals surface area contributed by atoms with Gasteiger partial charge in [0.1, 0.15) is 5.82 Å². The normalized spacial score (nSPS) is 11.8. The second kappa shape index (κ2) is 8.29. The summed E-state index contributed by atoms with van der Waals surface area (Å²) < 4.78 is 0. The highest BCUT2D eigenvalue weighted by atomic mass is 16.2. The van der Waals surface area contributed by atoms with Crippen molar-refractivity contribution in [2.75, 3.05) is 23.3 Å². The molecule has 5 heteroatoms. The average Bonchev–Trinajstić information content (AvgIpc) is 2.58. The molecule has 122 valence electrons. The van der Waals surface area contributed by atoms with E-state index in [1.807, 2.05) is 42.5 Å². The molecule has 0 aliphatic heterocycles. The molecule has 1 heterocycles. The Bertz CT molecular complexity index is 609. The highest BCUT2D eigenvalue weighted by Crippen LogP contribution is 2.14. The summed E-state index contributed by atoms with van der Waals surface area (Å²) in [5.41, 5.74) is 7.69. The van der Waals surface area contributed by atoms with Crippen molar-refractivity contribution in [3.63, 3.8) is 0 Å². The van der Waals surface area contributed by atoms with Crippen LogP contribution in [0.15, 0.2) is 48.7 Å². The number of anilines is 2. The van der Waals surface area contributed by atoms with Crippen molar-refractivity contribution < 1.29 is 4.79 Å². The molecule has 0 spiro atoms. The highest BCUT2D eigenvalue weighted by Gasteiger charge is 2.14. The number of nitrogens with two attached hydrogens (primary N) is 1. The number of nitrogens with one attached hydrogen (secondary N) is 1. The van der Waals surface area contributed by atoms with Crippen molar-refractivity contribution in [3.05, 3.63) is 54.2 Å². The molecule has 3 N–H and O–H groups in total. The zero-order chi connectivity index (χ0) is 16.7. The first-order valence-electron chi connectivity index (χ1n) is 7.95. The third-order valence-corrected chi connectivity index (χ3v) is 3.74. The van der Waals surface area contributed by atoms with E-state index < -0.39 is 6.04 Å². The summed E-state index contributed by atoms with van der Waals surface area (Å²) in [6.45, 7) is 5.97. The first-order valence-corrected chi connectivity index (χ1v) is 7.95. The molecule has 0 saturated heterocycles. The van der Waals surface area contributed by atoms with Gasteiger partial charge in [-0.2, -0.15) is 0 Å². The lowest BCUT2D eigenvalue weighted by Crippen LogP contribution is -2.37. The van der Waals surface area contributed by atoms with Gasteiger partial charge >= 0.3 is 0 Å². The number of carbonyl (C=O) groups is 1. The van der Waals surface area contributed by atoms with Gasteiger partial charge < -0.3 is 16.0 Å². The van der Waals surface area contributed by atoms with Gasteiger partial charge in [-0.1, -0.05) is 30.3 Å². The van der Waals surface area contributed by atoms with Crippen LogP contribution >= 0.6 is 0 Å². The fraction of sp³-hybridized carbons (Fsp3) is 0.333. The molecular weight excluding hydrogens is 288 g/mol. The van der Waals surface area contributed by atoms with Gasteiger partial charge in [0.2, 0.25) is 5.91 Å². The molecule has 1 amide bonds. The fourth-order valence-electron chi connectivity index (χ4n) is 2.39. The van der Waals surface area contributed by atoms with E-state index in [2.05, 4.69) is 29.0 Å². The number of amides is 1. The lowest BCUT2D eigenvalue weighted by atomic mass is 10.1. The molecular formula is C18H24N4O. The van der Waals surface area contributed by atoms with E-state index >= 15 is 0 Å². The number of nitrogens with zero attached hydrogens (tertiary/aromatic N) is 2. The number of aromatic nitrogens is 1. The molecule has 2 aromatic rings. The Morgan fingerprint density at radius 2 is 1.87 bits per heavy atom. The molecule has 1 atom stereocenters. The molecule has 5 nitrogen and oxygen atoms in total. The van der Waals surface area contributed by atoms with Crippen molar-refractivity contribution in [1.29, 1.82) is 0 Å². The van der Waals surface area contributed by atoms with Crippen LogP contribution in [0, 0.1) is 0 Å². The predicted molar refractivity (Wildman–Crippen MR) is 94.5 cm³/mol. The summed E-state index contributed by atoms with van der Waals surface area (Å²) in [7, 11) is 0. The maximum Gasteiger partial charge on any atom is 0.241 e. The lowest BCUT2D eigenvalue weighted by Gasteiger charge is -2.20. The summed E-state index contributed by atoms with van der Waals surface area (Å²) in [4.78, 5) is 18.7. The van der Waals surface area contributed by atoms with Gasteiger partial charge in [0.15, 0.2) is 0 Å². The van der Waals surface area contributed by atoms with Crippen molar-refractivity contribution >= 4 is 17.4 Å². The molecule has 2 rings (SSSR count). The molecule has 0 saturated carbocycles. The Kier molecular flexibility index (Phi) is 6.11.